The van der Waals surface area contributed by atoms with Gasteiger partial charge in [0.2, 0.25) is 0 Å². The molecule has 0 aromatic heterocycles. The summed E-state index contributed by atoms with van der Waals surface area (Å²) in [4.78, 5) is 2.31. The molecule has 1 N–H and O–H groups in total. The monoisotopic (exact) mass is 352 g/mol. The van der Waals surface area contributed by atoms with E-state index in [4.69, 9.17) is 16.3 Å². The number of hydrogen-bond acceptors (Lipinski definition) is 4. The predicted molar refractivity (Wildman–Crippen MR) is 91.7 cm³/mol. The standard InChI is InChI=1S/C16H17ClN2O3S/c17-13-3-1-6-16(11-13)23(20,21)18-14-4-2-5-15(12-14)19-7-9-22-10-8-19/h1-6,11-12,18H,7-10H2. The van der Waals surface area contributed by atoms with Crippen LogP contribution in [0.5, 0.6) is 0 Å². The van der Waals surface area contributed by atoms with Crippen molar-refractivity contribution in [2.45, 2.75) is 4.90 Å². The summed E-state index contributed by atoms with van der Waals surface area (Å²) >= 11 is 5.87. The van der Waals surface area contributed by atoms with Gasteiger partial charge in [0.25, 0.3) is 10.0 Å². The number of ether oxygens (including phenoxy) is 1. The van der Waals surface area contributed by atoms with Crippen molar-refractivity contribution in [2.24, 2.45) is 0 Å². The summed E-state index contributed by atoms with van der Waals surface area (Å²) in [5.74, 6) is 0. The van der Waals surface area contributed by atoms with Crippen molar-refractivity contribution in [3.8, 4) is 0 Å². The molecule has 0 saturated carbocycles. The van der Waals surface area contributed by atoms with Crippen LogP contribution >= 0.6 is 11.6 Å². The summed E-state index contributed by atoms with van der Waals surface area (Å²) in [7, 11) is -3.66. The number of rotatable bonds is 4. The lowest BCUT2D eigenvalue weighted by molar-refractivity contribution is 0.122. The third kappa shape index (κ3) is 3.96. The molecule has 23 heavy (non-hydrogen) atoms. The first-order chi connectivity index (χ1) is 11.0. The molecule has 1 fully saturated rings. The molecule has 0 amide bonds. The Hall–Kier alpha value is -1.76. The van der Waals surface area contributed by atoms with Gasteiger partial charge in [-0.2, -0.15) is 0 Å². The minimum atomic E-state index is -3.66. The SMILES string of the molecule is O=S(=O)(Nc1cccc(N2CCOCC2)c1)c1cccc(Cl)c1. The Labute approximate surface area is 140 Å². The predicted octanol–water partition coefficient (Wildman–Crippen LogP) is 2.98. The highest BCUT2D eigenvalue weighted by Gasteiger charge is 2.16. The van der Waals surface area contributed by atoms with Crippen LogP contribution in [0.3, 0.4) is 0 Å². The van der Waals surface area contributed by atoms with Crippen LogP contribution in [0.25, 0.3) is 0 Å². The Morgan fingerprint density at radius 1 is 1.04 bits per heavy atom. The molecule has 5 nitrogen and oxygen atoms in total. The summed E-state index contributed by atoms with van der Waals surface area (Å²) in [5.41, 5.74) is 1.49. The van der Waals surface area contributed by atoms with E-state index in [0.717, 1.165) is 18.8 Å². The van der Waals surface area contributed by atoms with E-state index in [1.165, 1.54) is 12.1 Å². The molecule has 0 bridgehead atoms. The first-order valence-electron chi connectivity index (χ1n) is 7.26. The van der Waals surface area contributed by atoms with Crippen molar-refractivity contribution < 1.29 is 13.2 Å². The minimum Gasteiger partial charge on any atom is -0.378 e. The molecule has 0 aliphatic carbocycles. The van der Waals surface area contributed by atoms with Crippen LogP contribution in [0.2, 0.25) is 5.02 Å². The Bertz CT molecular complexity index is 789. The van der Waals surface area contributed by atoms with E-state index in [1.807, 2.05) is 18.2 Å². The number of halogens is 1. The van der Waals surface area contributed by atoms with Gasteiger partial charge in [0.15, 0.2) is 0 Å². The fourth-order valence-electron chi connectivity index (χ4n) is 2.44. The molecule has 1 aliphatic heterocycles. The molecule has 1 saturated heterocycles. The number of benzene rings is 2. The van der Waals surface area contributed by atoms with Gasteiger partial charge in [-0.05, 0) is 36.4 Å². The van der Waals surface area contributed by atoms with Crippen LogP contribution in [0.4, 0.5) is 11.4 Å². The maximum absolute atomic E-state index is 12.4. The van der Waals surface area contributed by atoms with Gasteiger partial charge in [-0.1, -0.05) is 23.7 Å². The molecule has 2 aromatic carbocycles. The number of hydrogen-bond donors (Lipinski definition) is 1. The van der Waals surface area contributed by atoms with Gasteiger partial charge in [-0.3, -0.25) is 4.72 Å². The zero-order valence-electron chi connectivity index (χ0n) is 12.4. The first kappa shape index (κ1) is 16.1. The summed E-state index contributed by atoms with van der Waals surface area (Å²) < 4.78 is 32.8. The fourth-order valence-corrected chi connectivity index (χ4v) is 3.79. The van der Waals surface area contributed by atoms with Gasteiger partial charge in [-0.25, -0.2) is 8.42 Å². The molecule has 0 atom stereocenters. The summed E-state index contributed by atoms with van der Waals surface area (Å²) in [6, 6.07) is 13.5. The van der Waals surface area contributed by atoms with Gasteiger partial charge >= 0.3 is 0 Å². The lowest BCUT2D eigenvalue weighted by Crippen LogP contribution is -2.36. The number of nitrogens with one attached hydrogen (secondary N) is 1. The molecule has 122 valence electrons. The Morgan fingerprint density at radius 3 is 2.52 bits per heavy atom. The lowest BCUT2D eigenvalue weighted by atomic mass is 10.2. The molecule has 0 spiro atoms. The van der Waals surface area contributed by atoms with E-state index in [1.54, 1.807) is 18.2 Å². The maximum atomic E-state index is 12.4. The normalized spacial score (nSPS) is 15.4. The van der Waals surface area contributed by atoms with Crippen LogP contribution in [0.15, 0.2) is 53.4 Å². The second-order valence-corrected chi connectivity index (χ2v) is 7.33. The van der Waals surface area contributed by atoms with Gasteiger partial charge in [-0.15, -0.1) is 0 Å². The summed E-state index contributed by atoms with van der Waals surface area (Å²) in [5, 5.41) is 0.384. The van der Waals surface area contributed by atoms with E-state index in [0.29, 0.717) is 23.9 Å². The van der Waals surface area contributed by atoms with Crippen LogP contribution < -0.4 is 9.62 Å². The molecule has 7 heteroatoms. The maximum Gasteiger partial charge on any atom is 0.261 e. The van der Waals surface area contributed by atoms with Gasteiger partial charge < -0.3 is 9.64 Å². The number of sulfonamides is 1. The van der Waals surface area contributed by atoms with Crippen LogP contribution in [0.1, 0.15) is 0 Å². The third-order valence-electron chi connectivity index (χ3n) is 3.58. The second-order valence-electron chi connectivity index (χ2n) is 5.21. The zero-order chi connectivity index (χ0) is 16.3. The summed E-state index contributed by atoms with van der Waals surface area (Å²) in [6.45, 7) is 2.95. The average molecular weight is 353 g/mol. The highest BCUT2D eigenvalue weighted by atomic mass is 35.5. The van der Waals surface area contributed by atoms with Crippen LogP contribution in [-0.2, 0) is 14.8 Å². The third-order valence-corrected chi connectivity index (χ3v) is 5.20. The van der Waals surface area contributed by atoms with E-state index >= 15 is 0 Å². The molecule has 0 radical (unpaired) electrons. The smallest absolute Gasteiger partial charge is 0.261 e. The lowest BCUT2D eigenvalue weighted by Gasteiger charge is -2.29. The van der Waals surface area contributed by atoms with Crippen molar-refractivity contribution >= 4 is 33.0 Å². The minimum absolute atomic E-state index is 0.141. The second kappa shape index (κ2) is 6.78. The topological polar surface area (TPSA) is 58.6 Å². The molecule has 2 aromatic rings. The number of morpholine rings is 1. The van der Waals surface area contributed by atoms with E-state index in [2.05, 4.69) is 9.62 Å². The van der Waals surface area contributed by atoms with Crippen molar-refractivity contribution in [1.29, 1.82) is 0 Å². The van der Waals surface area contributed by atoms with E-state index in [-0.39, 0.29) is 4.90 Å². The molecular weight excluding hydrogens is 336 g/mol. The highest BCUT2D eigenvalue weighted by Crippen LogP contribution is 2.23. The van der Waals surface area contributed by atoms with Crippen molar-refractivity contribution in [2.75, 3.05) is 35.9 Å². The van der Waals surface area contributed by atoms with E-state index < -0.39 is 10.0 Å². The van der Waals surface area contributed by atoms with Crippen LogP contribution in [-0.4, -0.2) is 34.7 Å². The van der Waals surface area contributed by atoms with E-state index in [9.17, 15) is 8.42 Å². The largest absolute Gasteiger partial charge is 0.378 e. The molecule has 3 rings (SSSR count). The Kier molecular flexibility index (Phi) is 4.75. The first-order valence-corrected chi connectivity index (χ1v) is 9.12. The molecule has 0 unspecified atom stereocenters. The van der Waals surface area contributed by atoms with Crippen molar-refractivity contribution in [3.63, 3.8) is 0 Å². The average Bonchev–Trinajstić information content (AvgIpc) is 2.55. The number of anilines is 2. The highest BCUT2D eigenvalue weighted by molar-refractivity contribution is 7.92. The molecule has 1 aliphatic rings. The number of nitrogens with zero attached hydrogens (tertiary/aromatic N) is 1. The zero-order valence-corrected chi connectivity index (χ0v) is 14.0. The quantitative estimate of drug-likeness (QED) is 0.919. The Morgan fingerprint density at radius 2 is 1.78 bits per heavy atom. The van der Waals surface area contributed by atoms with Gasteiger partial charge in [0.05, 0.1) is 23.8 Å². The van der Waals surface area contributed by atoms with Crippen LogP contribution in [0, 0.1) is 0 Å². The van der Waals surface area contributed by atoms with Crippen molar-refractivity contribution in [3.05, 3.63) is 53.6 Å². The van der Waals surface area contributed by atoms with Gasteiger partial charge in [0.1, 0.15) is 0 Å². The van der Waals surface area contributed by atoms with Gasteiger partial charge in [0, 0.05) is 23.8 Å². The summed E-state index contributed by atoms with van der Waals surface area (Å²) in [6.07, 6.45) is 0. The Balaban J connectivity index is 1.82. The molecule has 1 heterocycles. The van der Waals surface area contributed by atoms with Crippen molar-refractivity contribution in [1.82, 2.24) is 0 Å². The fraction of sp³-hybridized carbons (Fsp3) is 0.250. The molecular formula is C16H17ClN2O3S.